The first-order chi connectivity index (χ1) is 14.1. The van der Waals surface area contributed by atoms with E-state index in [1.807, 2.05) is 12.1 Å². The molecule has 1 aliphatic carbocycles. The molecule has 2 aromatic carbocycles. The van der Waals surface area contributed by atoms with Crippen molar-refractivity contribution in [3.63, 3.8) is 0 Å². The topological polar surface area (TPSA) is 70.0 Å². The summed E-state index contributed by atoms with van der Waals surface area (Å²) in [6.45, 7) is 3.72. The first-order valence-electron chi connectivity index (χ1n) is 10.5. The Labute approximate surface area is 171 Å². The summed E-state index contributed by atoms with van der Waals surface area (Å²) in [5, 5.41) is 19.4. The highest BCUT2D eigenvalue weighted by Crippen LogP contribution is 2.46. The van der Waals surface area contributed by atoms with Crippen LogP contribution in [0.25, 0.3) is 0 Å². The molecule has 29 heavy (non-hydrogen) atoms. The lowest BCUT2D eigenvalue weighted by molar-refractivity contribution is -0.138. The van der Waals surface area contributed by atoms with Gasteiger partial charge in [0.2, 0.25) is 0 Å². The normalized spacial score (nSPS) is 18.3. The molecule has 0 spiro atoms. The minimum absolute atomic E-state index is 0.0226. The third-order valence-corrected chi connectivity index (χ3v) is 6.10. The molecule has 0 radical (unpaired) electrons. The molecule has 0 atom stereocenters. The van der Waals surface area contributed by atoms with Gasteiger partial charge in [-0.1, -0.05) is 42.5 Å². The number of carbonyl (C=O) groups is 1. The molecule has 2 N–H and O–H groups in total. The molecule has 1 saturated carbocycles. The van der Waals surface area contributed by atoms with Crippen LogP contribution >= 0.6 is 0 Å². The van der Waals surface area contributed by atoms with Gasteiger partial charge in [-0.05, 0) is 42.4 Å². The van der Waals surface area contributed by atoms with Crippen molar-refractivity contribution in [2.45, 2.75) is 31.1 Å². The second-order valence-corrected chi connectivity index (χ2v) is 8.42. The highest BCUT2D eigenvalue weighted by atomic mass is 16.5. The molecule has 154 valence electrons. The van der Waals surface area contributed by atoms with Gasteiger partial charge in [-0.3, -0.25) is 4.79 Å². The SMILES string of the molecule is O=C(O)CCOCCc1ccc(O)c(C2(c3ccccc3)CN(CC3CC3)C2)c1. The number of phenols is 1. The summed E-state index contributed by atoms with van der Waals surface area (Å²) in [5.74, 6) is 0.351. The predicted molar refractivity (Wildman–Crippen MR) is 111 cm³/mol. The number of nitrogens with zero attached hydrogens (tertiary/aromatic N) is 1. The van der Waals surface area contributed by atoms with Gasteiger partial charge in [0.1, 0.15) is 5.75 Å². The van der Waals surface area contributed by atoms with Crippen LogP contribution in [0, 0.1) is 5.92 Å². The van der Waals surface area contributed by atoms with E-state index in [2.05, 4.69) is 35.2 Å². The van der Waals surface area contributed by atoms with E-state index in [4.69, 9.17) is 9.84 Å². The maximum absolute atomic E-state index is 10.7. The summed E-state index contributed by atoms with van der Waals surface area (Å²) in [7, 11) is 0. The third-order valence-electron chi connectivity index (χ3n) is 6.10. The van der Waals surface area contributed by atoms with Crippen LogP contribution in [0.4, 0.5) is 0 Å². The van der Waals surface area contributed by atoms with Crippen LogP contribution in [0.5, 0.6) is 5.75 Å². The fourth-order valence-corrected chi connectivity index (χ4v) is 4.35. The number of aromatic hydroxyl groups is 1. The van der Waals surface area contributed by atoms with Gasteiger partial charge < -0.3 is 19.8 Å². The second-order valence-electron chi connectivity index (χ2n) is 8.42. The van der Waals surface area contributed by atoms with Crippen LogP contribution in [-0.4, -0.2) is 53.9 Å². The molecule has 2 aromatic rings. The maximum atomic E-state index is 10.7. The first-order valence-corrected chi connectivity index (χ1v) is 10.5. The van der Waals surface area contributed by atoms with Crippen molar-refractivity contribution in [2.75, 3.05) is 32.8 Å². The highest BCUT2D eigenvalue weighted by Gasteiger charge is 2.48. The number of carboxylic acids is 1. The molecule has 2 fully saturated rings. The molecule has 1 aliphatic heterocycles. The van der Waals surface area contributed by atoms with Crippen LogP contribution in [0.3, 0.4) is 0 Å². The van der Waals surface area contributed by atoms with Crippen molar-refractivity contribution in [3.8, 4) is 5.75 Å². The quantitative estimate of drug-likeness (QED) is 0.603. The fourth-order valence-electron chi connectivity index (χ4n) is 4.35. The minimum atomic E-state index is -0.845. The van der Waals surface area contributed by atoms with Gasteiger partial charge >= 0.3 is 5.97 Å². The Morgan fingerprint density at radius 3 is 2.55 bits per heavy atom. The average molecular weight is 395 g/mol. The van der Waals surface area contributed by atoms with Crippen LogP contribution in [0.15, 0.2) is 48.5 Å². The van der Waals surface area contributed by atoms with E-state index in [1.165, 1.54) is 18.4 Å². The van der Waals surface area contributed by atoms with Crippen molar-refractivity contribution in [1.29, 1.82) is 0 Å². The number of hydrogen-bond acceptors (Lipinski definition) is 4. The largest absolute Gasteiger partial charge is 0.508 e. The number of phenolic OH excluding ortho intramolecular Hbond substituents is 1. The van der Waals surface area contributed by atoms with E-state index in [1.54, 1.807) is 6.07 Å². The molecule has 0 amide bonds. The number of hydrogen-bond donors (Lipinski definition) is 2. The van der Waals surface area contributed by atoms with Crippen molar-refractivity contribution in [1.82, 2.24) is 4.90 Å². The van der Waals surface area contributed by atoms with Crippen LogP contribution in [0.2, 0.25) is 0 Å². The first kappa shape index (κ1) is 19.9. The fraction of sp³-hybridized carbons (Fsp3) is 0.458. The smallest absolute Gasteiger partial charge is 0.305 e. The summed E-state index contributed by atoms with van der Waals surface area (Å²) < 4.78 is 5.45. The monoisotopic (exact) mass is 395 g/mol. The van der Waals surface area contributed by atoms with Crippen molar-refractivity contribution in [3.05, 3.63) is 65.2 Å². The van der Waals surface area contributed by atoms with Gasteiger partial charge in [0.15, 0.2) is 0 Å². The number of rotatable bonds is 10. The van der Waals surface area contributed by atoms with Crippen LogP contribution in [0.1, 0.15) is 36.0 Å². The molecule has 1 saturated heterocycles. The summed E-state index contributed by atoms with van der Waals surface area (Å²) in [4.78, 5) is 13.1. The lowest BCUT2D eigenvalue weighted by Crippen LogP contribution is -2.60. The zero-order chi connectivity index (χ0) is 20.3. The Kier molecular flexibility index (Phi) is 5.88. The summed E-state index contributed by atoms with van der Waals surface area (Å²) in [6, 6.07) is 16.3. The van der Waals surface area contributed by atoms with E-state index < -0.39 is 5.97 Å². The van der Waals surface area contributed by atoms with Gasteiger partial charge in [0, 0.05) is 30.6 Å². The van der Waals surface area contributed by atoms with E-state index in [-0.39, 0.29) is 18.4 Å². The summed E-state index contributed by atoms with van der Waals surface area (Å²) in [6.07, 6.45) is 3.41. The van der Waals surface area contributed by atoms with Gasteiger partial charge in [0.05, 0.1) is 19.6 Å². The lowest BCUT2D eigenvalue weighted by Gasteiger charge is -2.51. The Bertz CT molecular complexity index is 841. The van der Waals surface area contributed by atoms with Gasteiger partial charge in [-0.15, -0.1) is 0 Å². The third kappa shape index (κ3) is 4.62. The highest BCUT2D eigenvalue weighted by molar-refractivity contribution is 5.66. The molecule has 5 nitrogen and oxygen atoms in total. The number of carboxylic acid groups (broad SMARTS) is 1. The number of likely N-dealkylation sites (tertiary alicyclic amines) is 1. The molecule has 0 bridgehead atoms. The van der Waals surface area contributed by atoms with E-state index in [0.29, 0.717) is 18.8 Å². The second kappa shape index (κ2) is 8.56. The lowest BCUT2D eigenvalue weighted by atomic mass is 9.68. The standard InChI is InChI=1S/C24H29NO4/c26-22-9-8-18(10-12-29-13-11-23(27)28)14-21(22)24(20-4-2-1-3-5-20)16-25(17-24)15-19-6-7-19/h1-5,8-9,14,19,26H,6-7,10-13,15-17H2,(H,27,28). The number of aliphatic carboxylic acids is 1. The van der Waals surface area contributed by atoms with Crippen molar-refractivity contribution >= 4 is 5.97 Å². The Balaban J connectivity index is 1.50. The Hall–Kier alpha value is -2.37. The minimum Gasteiger partial charge on any atom is -0.508 e. The molecule has 1 heterocycles. The Morgan fingerprint density at radius 1 is 1.10 bits per heavy atom. The number of benzene rings is 2. The molecule has 0 unspecified atom stereocenters. The molecular weight excluding hydrogens is 366 g/mol. The van der Waals surface area contributed by atoms with Gasteiger partial charge in [-0.25, -0.2) is 0 Å². The zero-order valence-corrected chi connectivity index (χ0v) is 16.7. The van der Waals surface area contributed by atoms with E-state index >= 15 is 0 Å². The maximum Gasteiger partial charge on any atom is 0.305 e. The van der Waals surface area contributed by atoms with Gasteiger partial charge in [-0.2, -0.15) is 0 Å². The van der Waals surface area contributed by atoms with Gasteiger partial charge in [0.25, 0.3) is 0 Å². The molecule has 4 rings (SSSR count). The van der Waals surface area contributed by atoms with Crippen LogP contribution in [-0.2, 0) is 21.4 Å². The van der Waals surface area contributed by atoms with Crippen molar-refractivity contribution < 1.29 is 19.7 Å². The van der Waals surface area contributed by atoms with Crippen LogP contribution < -0.4 is 0 Å². The van der Waals surface area contributed by atoms with Crippen molar-refractivity contribution in [2.24, 2.45) is 5.92 Å². The molecule has 2 aliphatic rings. The zero-order valence-electron chi connectivity index (χ0n) is 16.7. The number of ether oxygens (including phenoxy) is 1. The predicted octanol–water partition coefficient (Wildman–Crippen LogP) is 3.44. The molecule has 5 heteroatoms. The molecular formula is C24H29NO4. The van der Waals surface area contributed by atoms with E-state index in [9.17, 15) is 9.90 Å². The summed E-state index contributed by atoms with van der Waals surface area (Å²) in [5.41, 5.74) is 3.15. The Morgan fingerprint density at radius 2 is 1.86 bits per heavy atom. The molecule has 0 aromatic heterocycles. The average Bonchev–Trinajstić information content (AvgIpc) is 3.50. The summed E-state index contributed by atoms with van der Waals surface area (Å²) >= 11 is 0. The van der Waals surface area contributed by atoms with E-state index in [0.717, 1.165) is 36.7 Å².